The fourth-order valence-electron chi connectivity index (χ4n) is 4.67. The van der Waals surface area contributed by atoms with E-state index in [9.17, 15) is 0 Å². The van der Waals surface area contributed by atoms with Crippen LogP contribution in [0.25, 0.3) is 0 Å². The van der Waals surface area contributed by atoms with Gasteiger partial charge in [0.25, 0.3) is 0 Å². The molecule has 3 heteroatoms. The number of benzene rings is 3. The van der Waals surface area contributed by atoms with Crippen molar-refractivity contribution in [2.45, 2.75) is 78.3 Å². The van der Waals surface area contributed by atoms with Gasteiger partial charge >= 0.3 is 0 Å². The second-order valence-corrected chi connectivity index (χ2v) is 10.6. The van der Waals surface area contributed by atoms with Crippen molar-refractivity contribution in [3.63, 3.8) is 0 Å². The molecule has 31 heavy (non-hydrogen) atoms. The fraction of sp³-hybridized carbons (Fsp3) is 0.357. The summed E-state index contributed by atoms with van der Waals surface area (Å²) in [5, 5.41) is 0. The quantitative estimate of drug-likeness (QED) is 0.362. The fourth-order valence-corrected chi connectivity index (χ4v) is 6.73. The molecule has 2 saturated carbocycles. The summed E-state index contributed by atoms with van der Waals surface area (Å²) in [6.07, 6.45) is 10.7. The van der Waals surface area contributed by atoms with Crippen LogP contribution >= 0.6 is 0 Å². The van der Waals surface area contributed by atoms with Crippen molar-refractivity contribution in [3.05, 3.63) is 78.9 Å². The minimum atomic E-state index is -0.150. The van der Waals surface area contributed by atoms with Crippen LogP contribution in [-0.2, 0) is 10.9 Å². The lowest BCUT2D eigenvalue weighted by molar-refractivity contribution is 0.209. The molecular formula is C28H31O2S+. The highest BCUT2D eigenvalue weighted by atomic mass is 32.2. The molecule has 3 aromatic rings. The first-order chi connectivity index (χ1) is 15.3. The molecule has 2 nitrogen and oxygen atoms in total. The maximum absolute atomic E-state index is 6.19. The summed E-state index contributed by atoms with van der Waals surface area (Å²) in [5.41, 5.74) is 0. The van der Waals surface area contributed by atoms with Crippen molar-refractivity contribution in [1.82, 2.24) is 0 Å². The minimum Gasteiger partial charge on any atom is -0.490 e. The zero-order valence-corrected chi connectivity index (χ0v) is 18.9. The molecule has 2 aliphatic rings. The van der Waals surface area contributed by atoms with Crippen LogP contribution in [0.4, 0.5) is 0 Å². The molecule has 0 heterocycles. The Balaban J connectivity index is 1.38. The number of ether oxygens (including phenoxy) is 2. The summed E-state index contributed by atoms with van der Waals surface area (Å²) in [6, 6.07) is 28.4. The largest absolute Gasteiger partial charge is 0.490 e. The molecule has 160 valence electrons. The average molecular weight is 432 g/mol. The van der Waals surface area contributed by atoms with Gasteiger partial charge in [-0.1, -0.05) is 18.2 Å². The smallest absolute Gasteiger partial charge is 0.166 e. The van der Waals surface area contributed by atoms with E-state index in [1.165, 1.54) is 66.1 Å². The second kappa shape index (κ2) is 9.82. The summed E-state index contributed by atoms with van der Waals surface area (Å²) in [7, 11) is -0.150. The molecule has 5 rings (SSSR count). The lowest BCUT2D eigenvalue weighted by Gasteiger charge is -2.14. The van der Waals surface area contributed by atoms with Gasteiger partial charge in [0.2, 0.25) is 0 Å². The van der Waals surface area contributed by atoms with Gasteiger partial charge in [0.15, 0.2) is 14.7 Å². The molecule has 2 fully saturated rings. The van der Waals surface area contributed by atoms with E-state index in [4.69, 9.17) is 9.47 Å². The minimum absolute atomic E-state index is 0.150. The summed E-state index contributed by atoms with van der Waals surface area (Å²) in [4.78, 5) is 3.96. The Kier molecular flexibility index (Phi) is 6.50. The van der Waals surface area contributed by atoms with Crippen LogP contribution in [0.1, 0.15) is 51.4 Å². The highest BCUT2D eigenvalue weighted by Crippen LogP contribution is 2.34. The van der Waals surface area contributed by atoms with E-state index in [1.54, 1.807) is 0 Å². The molecule has 0 atom stereocenters. The van der Waals surface area contributed by atoms with E-state index in [-0.39, 0.29) is 10.9 Å². The van der Waals surface area contributed by atoms with E-state index >= 15 is 0 Å². The van der Waals surface area contributed by atoms with Crippen molar-refractivity contribution in [2.75, 3.05) is 0 Å². The maximum Gasteiger partial charge on any atom is 0.166 e. The van der Waals surface area contributed by atoms with Crippen molar-refractivity contribution >= 4 is 10.9 Å². The molecule has 0 N–H and O–H groups in total. The Morgan fingerprint density at radius 1 is 0.484 bits per heavy atom. The zero-order valence-electron chi connectivity index (χ0n) is 18.0. The van der Waals surface area contributed by atoms with Gasteiger partial charge in [0.1, 0.15) is 11.5 Å². The number of hydrogen-bond acceptors (Lipinski definition) is 2. The standard InChI is InChI=1S/C28H31O2S/c1-2-12-26(13-3-1)31(27-18-14-24(15-19-27)29-22-8-4-5-9-22)28-20-16-25(17-21-28)30-23-10-6-7-11-23/h1-3,12-23H,4-11H2/q+1. The molecule has 0 saturated heterocycles. The van der Waals surface area contributed by atoms with Gasteiger partial charge in [-0.05, 0) is 112 Å². The Bertz CT molecular complexity index is 879. The predicted octanol–water partition coefficient (Wildman–Crippen LogP) is 7.42. The third-order valence-corrected chi connectivity index (χ3v) is 8.54. The molecule has 0 bridgehead atoms. The Morgan fingerprint density at radius 3 is 1.29 bits per heavy atom. The lowest BCUT2D eigenvalue weighted by Crippen LogP contribution is -2.11. The number of hydrogen-bond donors (Lipinski definition) is 0. The molecule has 0 radical (unpaired) electrons. The second-order valence-electron chi connectivity index (χ2n) is 8.61. The van der Waals surface area contributed by atoms with Gasteiger partial charge in [-0.2, -0.15) is 0 Å². The predicted molar refractivity (Wildman–Crippen MR) is 127 cm³/mol. The molecule has 0 unspecified atom stereocenters. The van der Waals surface area contributed by atoms with Crippen molar-refractivity contribution in [3.8, 4) is 11.5 Å². The van der Waals surface area contributed by atoms with Crippen LogP contribution in [0.15, 0.2) is 93.5 Å². The Hall–Kier alpha value is -2.39. The first-order valence-electron chi connectivity index (χ1n) is 11.7. The molecule has 0 amide bonds. The zero-order chi connectivity index (χ0) is 20.9. The first-order valence-corrected chi connectivity index (χ1v) is 12.9. The van der Waals surface area contributed by atoms with Crippen molar-refractivity contribution < 1.29 is 9.47 Å². The molecule has 0 aromatic heterocycles. The maximum atomic E-state index is 6.19. The average Bonchev–Trinajstić information content (AvgIpc) is 3.52. The van der Waals surface area contributed by atoms with Crippen LogP contribution in [0.3, 0.4) is 0 Å². The van der Waals surface area contributed by atoms with Crippen LogP contribution in [0, 0.1) is 0 Å². The molecule has 2 aliphatic carbocycles. The topological polar surface area (TPSA) is 18.5 Å². The van der Waals surface area contributed by atoms with E-state index in [1.807, 2.05) is 0 Å². The summed E-state index contributed by atoms with van der Waals surface area (Å²) in [6.45, 7) is 0. The molecule has 0 aliphatic heterocycles. The van der Waals surface area contributed by atoms with Gasteiger partial charge in [0.05, 0.1) is 23.1 Å². The third kappa shape index (κ3) is 5.10. The molecule has 0 spiro atoms. The first kappa shape index (κ1) is 20.5. The van der Waals surface area contributed by atoms with Crippen molar-refractivity contribution in [2.24, 2.45) is 0 Å². The number of rotatable bonds is 7. The summed E-state index contributed by atoms with van der Waals surface area (Å²) >= 11 is 0. The summed E-state index contributed by atoms with van der Waals surface area (Å²) in [5.74, 6) is 1.99. The Labute approximate surface area is 189 Å². The van der Waals surface area contributed by atoms with Gasteiger partial charge in [-0.25, -0.2) is 0 Å². The van der Waals surface area contributed by atoms with Crippen LogP contribution in [0.5, 0.6) is 11.5 Å². The lowest BCUT2D eigenvalue weighted by atomic mass is 10.3. The van der Waals surface area contributed by atoms with E-state index in [0.717, 1.165) is 11.5 Å². The van der Waals surface area contributed by atoms with Crippen LogP contribution in [-0.4, -0.2) is 12.2 Å². The van der Waals surface area contributed by atoms with E-state index in [2.05, 4.69) is 78.9 Å². The van der Waals surface area contributed by atoms with E-state index in [0.29, 0.717) is 12.2 Å². The highest BCUT2D eigenvalue weighted by molar-refractivity contribution is 7.97. The monoisotopic (exact) mass is 431 g/mol. The Morgan fingerprint density at radius 2 is 0.871 bits per heavy atom. The highest BCUT2D eigenvalue weighted by Gasteiger charge is 2.29. The van der Waals surface area contributed by atoms with E-state index < -0.39 is 0 Å². The normalized spacial score (nSPS) is 17.3. The van der Waals surface area contributed by atoms with Gasteiger partial charge in [-0.15, -0.1) is 0 Å². The van der Waals surface area contributed by atoms with Gasteiger partial charge in [0, 0.05) is 0 Å². The SMILES string of the molecule is c1ccc([S+](c2ccc(OC3CCCC3)cc2)c2ccc(OC3CCCC3)cc2)cc1. The summed E-state index contributed by atoms with van der Waals surface area (Å²) < 4.78 is 12.4. The van der Waals surface area contributed by atoms with Gasteiger partial charge in [-0.3, -0.25) is 0 Å². The van der Waals surface area contributed by atoms with Gasteiger partial charge < -0.3 is 9.47 Å². The van der Waals surface area contributed by atoms with Crippen LogP contribution < -0.4 is 9.47 Å². The molecular weight excluding hydrogens is 400 g/mol. The van der Waals surface area contributed by atoms with Crippen LogP contribution in [0.2, 0.25) is 0 Å². The van der Waals surface area contributed by atoms with Crippen molar-refractivity contribution in [1.29, 1.82) is 0 Å². The molecule has 3 aromatic carbocycles. The third-order valence-electron chi connectivity index (χ3n) is 6.31.